The molecule has 4 nitrogen and oxygen atoms in total. The first-order valence-electron chi connectivity index (χ1n) is 5.88. The van der Waals surface area contributed by atoms with E-state index in [9.17, 15) is 0 Å². The third-order valence-electron chi connectivity index (χ3n) is 2.48. The number of hydrogen-bond acceptors (Lipinski definition) is 4. The van der Waals surface area contributed by atoms with Crippen molar-refractivity contribution in [3.8, 4) is 17.6 Å². The molecule has 0 unspecified atom stereocenters. The summed E-state index contributed by atoms with van der Waals surface area (Å²) in [5.41, 5.74) is 1.33. The van der Waals surface area contributed by atoms with Gasteiger partial charge in [0.05, 0.1) is 24.3 Å². The van der Waals surface area contributed by atoms with Crippen molar-refractivity contribution < 1.29 is 9.47 Å². The van der Waals surface area contributed by atoms with Crippen LogP contribution < -0.4 is 9.47 Å². The second-order valence-corrected chi connectivity index (χ2v) is 3.69. The molecular weight excluding hydrogens is 228 g/mol. The largest absolute Gasteiger partial charge is 0.490 e. The molecule has 0 saturated carbocycles. The number of nitriles is 1. The molecule has 0 aliphatic carbocycles. The third-order valence-corrected chi connectivity index (χ3v) is 2.48. The molecule has 0 spiro atoms. The van der Waals surface area contributed by atoms with Crippen molar-refractivity contribution >= 4 is 10.9 Å². The fraction of sp³-hybridized carbons (Fsp3) is 0.286. The third kappa shape index (κ3) is 2.35. The van der Waals surface area contributed by atoms with E-state index in [1.54, 1.807) is 12.3 Å². The average Bonchev–Trinajstić information content (AvgIpc) is 2.39. The van der Waals surface area contributed by atoms with Gasteiger partial charge in [-0.15, -0.1) is 0 Å². The lowest BCUT2D eigenvalue weighted by atomic mass is 10.1. The molecule has 0 amide bonds. The van der Waals surface area contributed by atoms with Crippen LogP contribution in [0.4, 0.5) is 0 Å². The van der Waals surface area contributed by atoms with Crippen LogP contribution in [0.15, 0.2) is 24.4 Å². The molecule has 0 N–H and O–H groups in total. The van der Waals surface area contributed by atoms with Gasteiger partial charge in [-0.1, -0.05) is 0 Å². The Bertz CT molecular complexity index is 603. The maximum atomic E-state index is 8.86. The highest BCUT2D eigenvalue weighted by atomic mass is 16.5. The van der Waals surface area contributed by atoms with Crippen LogP contribution in [0.25, 0.3) is 10.9 Å². The SMILES string of the molecule is CCOc1cc2cc(C#N)cnc2cc1OCC. The Hall–Kier alpha value is -2.28. The molecule has 0 atom stereocenters. The van der Waals surface area contributed by atoms with Crippen LogP contribution in [0, 0.1) is 11.3 Å². The second kappa shape index (κ2) is 5.37. The molecule has 18 heavy (non-hydrogen) atoms. The van der Waals surface area contributed by atoms with E-state index in [1.165, 1.54) is 0 Å². The molecule has 0 saturated heterocycles. The van der Waals surface area contributed by atoms with Gasteiger partial charge in [-0.2, -0.15) is 5.26 Å². The monoisotopic (exact) mass is 242 g/mol. The van der Waals surface area contributed by atoms with Crippen LogP contribution >= 0.6 is 0 Å². The molecule has 1 aromatic carbocycles. The standard InChI is InChI=1S/C14H14N2O2/c1-3-17-13-6-11-5-10(8-15)9-16-12(11)7-14(13)18-4-2/h5-7,9H,3-4H2,1-2H3. The van der Waals surface area contributed by atoms with Crippen molar-refractivity contribution in [2.24, 2.45) is 0 Å². The highest BCUT2D eigenvalue weighted by molar-refractivity contribution is 5.83. The number of aromatic nitrogens is 1. The number of fused-ring (bicyclic) bond motifs is 1. The quantitative estimate of drug-likeness (QED) is 0.827. The molecule has 2 aromatic rings. The van der Waals surface area contributed by atoms with Gasteiger partial charge in [-0.3, -0.25) is 4.98 Å². The second-order valence-electron chi connectivity index (χ2n) is 3.69. The van der Waals surface area contributed by atoms with E-state index >= 15 is 0 Å². The van der Waals surface area contributed by atoms with E-state index in [0.717, 1.165) is 10.9 Å². The van der Waals surface area contributed by atoms with Crippen molar-refractivity contribution in [2.75, 3.05) is 13.2 Å². The predicted molar refractivity (Wildman–Crippen MR) is 68.8 cm³/mol. The summed E-state index contributed by atoms with van der Waals surface area (Å²) in [7, 11) is 0. The number of benzene rings is 1. The molecular formula is C14H14N2O2. The number of pyridine rings is 1. The van der Waals surface area contributed by atoms with Crippen LogP contribution in [0.5, 0.6) is 11.5 Å². The van der Waals surface area contributed by atoms with Gasteiger partial charge in [-0.05, 0) is 26.0 Å². The summed E-state index contributed by atoms with van der Waals surface area (Å²) in [5.74, 6) is 1.37. The Balaban J connectivity index is 2.57. The van der Waals surface area contributed by atoms with Crippen LogP contribution in [0.1, 0.15) is 19.4 Å². The van der Waals surface area contributed by atoms with Gasteiger partial charge in [0.25, 0.3) is 0 Å². The summed E-state index contributed by atoms with van der Waals surface area (Å²) in [4.78, 5) is 4.24. The topological polar surface area (TPSA) is 55.1 Å². The number of ether oxygens (including phenoxy) is 2. The summed E-state index contributed by atoms with van der Waals surface area (Å²) in [6.07, 6.45) is 1.55. The van der Waals surface area contributed by atoms with Gasteiger partial charge < -0.3 is 9.47 Å². The maximum absolute atomic E-state index is 8.86. The highest BCUT2D eigenvalue weighted by Crippen LogP contribution is 2.32. The summed E-state index contributed by atoms with van der Waals surface area (Å²) >= 11 is 0. The molecule has 0 fully saturated rings. The van der Waals surface area contributed by atoms with Gasteiger partial charge in [0.1, 0.15) is 6.07 Å². The molecule has 0 aliphatic heterocycles. The molecule has 4 heteroatoms. The van der Waals surface area contributed by atoms with E-state index in [1.807, 2.05) is 26.0 Å². The van der Waals surface area contributed by atoms with Gasteiger partial charge in [0.2, 0.25) is 0 Å². The molecule has 92 valence electrons. The Labute approximate surface area is 106 Å². The smallest absolute Gasteiger partial charge is 0.163 e. The summed E-state index contributed by atoms with van der Waals surface area (Å²) in [6, 6.07) is 7.57. The van der Waals surface area contributed by atoms with E-state index in [-0.39, 0.29) is 0 Å². The van der Waals surface area contributed by atoms with Crippen LogP contribution in [0.2, 0.25) is 0 Å². The fourth-order valence-electron chi connectivity index (χ4n) is 1.73. The first-order chi connectivity index (χ1) is 8.78. The van der Waals surface area contributed by atoms with Gasteiger partial charge >= 0.3 is 0 Å². The minimum absolute atomic E-state index is 0.536. The van der Waals surface area contributed by atoms with E-state index < -0.39 is 0 Å². The summed E-state index contributed by atoms with van der Waals surface area (Å²) < 4.78 is 11.1. The zero-order valence-electron chi connectivity index (χ0n) is 10.4. The average molecular weight is 242 g/mol. The van der Waals surface area contributed by atoms with Crippen molar-refractivity contribution in [1.82, 2.24) is 4.98 Å². The fourth-order valence-corrected chi connectivity index (χ4v) is 1.73. The van der Waals surface area contributed by atoms with Crippen molar-refractivity contribution in [3.05, 3.63) is 30.0 Å². The maximum Gasteiger partial charge on any atom is 0.163 e. The van der Waals surface area contributed by atoms with E-state index in [4.69, 9.17) is 14.7 Å². The van der Waals surface area contributed by atoms with E-state index in [0.29, 0.717) is 30.3 Å². The van der Waals surface area contributed by atoms with Crippen LogP contribution in [-0.4, -0.2) is 18.2 Å². The van der Waals surface area contributed by atoms with Gasteiger partial charge in [0.15, 0.2) is 11.5 Å². The molecule has 1 aromatic heterocycles. The molecule has 1 heterocycles. The Kier molecular flexibility index (Phi) is 3.63. The Morgan fingerprint density at radius 3 is 2.39 bits per heavy atom. The van der Waals surface area contributed by atoms with Crippen molar-refractivity contribution in [1.29, 1.82) is 5.26 Å². The molecule has 2 rings (SSSR count). The number of nitrogens with zero attached hydrogens (tertiary/aromatic N) is 2. The zero-order chi connectivity index (χ0) is 13.0. The summed E-state index contributed by atoms with van der Waals surface area (Å²) in [5, 5.41) is 9.74. The molecule has 0 bridgehead atoms. The van der Waals surface area contributed by atoms with Crippen LogP contribution in [-0.2, 0) is 0 Å². The Morgan fingerprint density at radius 1 is 1.11 bits per heavy atom. The lowest BCUT2D eigenvalue weighted by Gasteiger charge is -2.11. The lowest BCUT2D eigenvalue weighted by molar-refractivity contribution is 0.288. The van der Waals surface area contributed by atoms with Crippen molar-refractivity contribution in [2.45, 2.75) is 13.8 Å². The molecule has 0 radical (unpaired) electrons. The lowest BCUT2D eigenvalue weighted by Crippen LogP contribution is -1.98. The Morgan fingerprint density at radius 2 is 1.78 bits per heavy atom. The van der Waals surface area contributed by atoms with Crippen LogP contribution in [0.3, 0.4) is 0 Å². The predicted octanol–water partition coefficient (Wildman–Crippen LogP) is 2.90. The number of rotatable bonds is 4. The number of hydrogen-bond donors (Lipinski definition) is 0. The molecule has 0 aliphatic rings. The van der Waals surface area contributed by atoms with Gasteiger partial charge in [-0.25, -0.2) is 0 Å². The van der Waals surface area contributed by atoms with E-state index in [2.05, 4.69) is 11.1 Å². The minimum atomic E-state index is 0.536. The van der Waals surface area contributed by atoms with Crippen molar-refractivity contribution in [3.63, 3.8) is 0 Å². The zero-order valence-corrected chi connectivity index (χ0v) is 10.4. The highest BCUT2D eigenvalue weighted by Gasteiger charge is 2.08. The first-order valence-corrected chi connectivity index (χ1v) is 5.88. The summed E-state index contributed by atoms with van der Waals surface area (Å²) in [6.45, 7) is 4.98. The first kappa shape index (κ1) is 12.2. The normalized spacial score (nSPS) is 10.1. The van der Waals surface area contributed by atoms with Gasteiger partial charge in [0, 0.05) is 17.6 Å². The minimum Gasteiger partial charge on any atom is -0.490 e.